The third kappa shape index (κ3) is 3.26. The third-order valence-electron chi connectivity index (χ3n) is 1.23. The highest BCUT2D eigenvalue weighted by Crippen LogP contribution is 2.14. The van der Waals surface area contributed by atoms with E-state index in [1.54, 1.807) is 6.07 Å². The number of anilines is 1. The van der Waals surface area contributed by atoms with Gasteiger partial charge in [-0.1, -0.05) is 0 Å². The largest absolute Gasteiger partial charge is 0.405 e. The Morgan fingerprint density at radius 2 is 2.21 bits per heavy atom. The van der Waals surface area contributed by atoms with Crippen LogP contribution in [0.15, 0.2) is 12.3 Å². The van der Waals surface area contributed by atoms with Crippen molar-refractivity contribution >= 4 is 5.82 Å². The van der Waals surface area contributed by atoms with Crippen LogP contribution in [0, 0.1) is 11.3 Å². The number of hydrogen-bond donors (Lipinski definition) is 1. The van der Waals surface area contributed by atoms with E-state index >= 15 is 0 Å². The fourth-order valence-corrected chi connectivity index (χ4v) is 0.702. The molecular weight excluding hydrogens is 197 g/mol. The highest BCUT2D eigenvalue weighted by Gasteiger charge is 2.26. The summed E-state index contributed by atoms with van der Waals surface area (Å²) in [6.07, 6.45) is -3.10. The highest BCUT2D eigenvalue weighted by atomic mass is 19.4. The van der Waals surface area contributed by atoms with Crippen LogP contribution in [0.5, 0.6) is 0 Å². The van der Waals surface area contributed by atoms with E-state index in [-0.39, 0.29) is 11.6 Å². The molecule has 0 unspecified atom stereocenters. The van der Waals surface area contributed by atoms with Crippen LogP contribution in [0.25, 0.3) is 0 Å². The fraction of sp³-hybridized carbons (Fsp3) is 0.286. The van der Waals surface area contributed by atoms with E-state index in [0.29, 0.717) is 0 Å². The number of rotatable bonds is 2. The lowest BCUT2D eigenvalue weighted by molar-refractivity contribution is -0.115. The summed E-state index contributed by atoms with van der Waals surface area (Å²) >= 11 is 0. The van der Waals surface area contributed by atoms with Gasteiger partial charge < -0.3 is 5.32 Å². The molecule has 7 heteroatoms. The van der Waals surface area contributed by atoms with E-state index in [0.717, 1.165) is 0 Å². The molecule has 0 aliphatic heterocycles. The van der Waals surface area contributed by atoms with E-state index in [9.17, 15) is 13.2 Å². The molecular formula is C7H5F3N4. The number of aromatic nitrogens is 2. The number of nitrogens with one attached hydrogen (secondary N) is 1. The molecule has 0 amide bonds. The van der Waals surface area contributed by atoms with Gasteiger partial charge in [-0.25, -0.2) is 9.97 Å². The first-order valence-corrected chi connectivity index (χ1v) is 3.55. The van der Waals surface area contributed by atoms with E-state index in [4.69, 9.17) is 5.26 Å². The standard InChI is InChI=1S/C7H5F3N4/c8-7(9,10)4-13-5-1-2-12-6(3-11)14-5/h1-2H,4H2,(H,12,13,14). The van der Waals surface area contributed by atoms with Crippen LogP contribution in [0.3, 0.4) is 0 Å². The Morgan fingerprint density at radius 1 is 1.50 bits per heavy atom. The molecule has 1 rings (SSSR count). The van der Waals surface area contributed by atoms with Crippen LogP contribution in [0.1, 0.15) is 5.82 Å². The minimum Gasteiger partial charge on any atom is -0.361 e. The maximum atomic E-state index is 11.8. The van der Waals surface area contributed by atoms with Crippen LogP contribution in [-0.2, 0) is 0 Å². The molecule has 14 heavy (non-hydrogen) atoms. The minimum absolute atomic E-state index is 0.0196. The minimum atomic E-state index is -4.31. The second-order valence-corrected chi connectivity index (χ2v) is 2.35. The van der Waals surface area contributed by atoms with Crippen LogP contribution in [0.4, 0.5) is 19.0 Å². The zero-order valence-electron chi connectivity index (χ0n) is 6.84. The molecule has 1 heterocycles. The lowest BCUT2D eigenvalue weighted by Crippen LogP contribution is -2.21. The molecule has 0 radical (unpaired) electrons. The van der Waals surface area contributed by atoms with Crippen molar-refractivity contribution < 1.29 is 13.2 Å². The van der Waals surface area contributed by atoms with Crippen LogP contribution >= 0.6 is 0 Å². The molecule has 74 valence electrons. The van der Waals surface area contributed by atoms with Gasteiger partial charge in [0.15, 0.2) is 0 Å². The second kappa shape index (κ2) is 3.91. The van der Waals surface area contributed by atoms with Crippen LogP contribution in [0.2, 0.25) is 0 Å². The molecule has 1 aromatic rings. The lowest BCUT2D eigenvalue weighted by Gasteiger charge is -2.07. The monoisotopic (exact) mass is 202 g/mol. The summed E-state index contributed by atoms with van der Waals surface area (Å²) < 4.78 is 35.3. The summed E-state index contributed by atoms with van der Waals surface area (Å²) in [5, 5.41) is 10.4. The van der Waals surface area contributed by atoms with Crippen molar-refractivity contribution in [3.8, 4) is 6.07 Å². The summed E-state index contributed by atoms with van der Waals surface area (Å²) in [6.45, 7) is -1.19. The van der Waals surface area contributed by atoms with E-state index < -0.39 is 12.7 Å². The van der Waals surface area contributed by atoms with Crippen LogP contribution in [-0.4, -0.2) is 22.7 Å². The number of nitrogens with zero attached hydrogens (tertiary/aromatic N) is 3. The zero-order chi connectivity index (χ0) is 10.6. The van der Waals surface area contributed by atoms with Crippen molar-refractivity contribution in [1.29, 1.82) is 5.26 Å². The number of alkyl halides is 3. The maximum absolute atomic E-state index is 11.8. The molecule has 0 aromatic carbocycles. The number of hydrogen-bond acceptors (Lipinski definition) is 4. The summed E-state index contributed by atoms with van der Waals surface area (Å²) in [5.74, 6) is -0.189. The van der Waals surface area contributed by atoms with E-state index in [1.807, 2.05) is 5.32 Å². The summed E-state index contributed by atoms with van der Waals surface area (Å²) in [7, 11) is 0. The second-order valence-electron chi connectivity index (χ2n) is 2.35. The topological polar surface area (TPSA) is 61.6 Å². The Hall–Kier alpha value is -1.84. The molecule has 0 bridgehead atoms. The first kappa shape index (κ1) is 10.2. The average molecular weight is 202 g/mol. The Morgan fingerprint density at radius 3 is 2.79 bits per heavy atom. The summed E-state index contributed by atoms with van der Waals surface area (Å²) in [6, 6.07) is 2.88. The predicted octanol–water partition coefficient (Wildman–Crippen LogP) is 1.32. The van der Waals surface area contributed by atoms with Crippen molar-refractivity contribution in [2.24, 2.45) is 0 Å². The van der Waals surface area contributed by atoms with Crippen LogP contribution < -0.4 is 5.32 Å². The van der Waals surface area contributed by atoms with Gasteiger partial charge in [0.25, 0.3) is 0 Å². The van der Waals surface area contributed by atoms with Gasteiger partial charge >= 0.3 is 6.18 Å². The normalized spacial score (nSPS) is 10.7. The van der Waals surface area contributed by atoms with Crippen molar-refractivity contribution in [3.05, 3.63) is 18.1 Å². The molecule has 1 N–H and O–H groups in total. The molecule has 0 saturated heterocycles. The van der Waals surface area contributed by atoms with E-state index in [1.165, 1.54) is 12.3 Å². The van der Waals surface area contributed by atoms with Gasteiger partial charge in [0.1, 0.15) is 18.4 Å². The molecule has 4 nitrogen and oxygen atoms in total. The number of nitriles is 1. The van der Waals surface area contributed by atoms with Gasteiger partial charge in [-0.3, -0.25) is 0 Å². The highest BCUT2D eigenvalue weighted by molar-refractivity contribution is 5.34. The van der Waals surface area contributed by atoms with Gasteiger partial charge in [0.2, 0.25) is 5.82 Å². The summed E-state index contributed by atoms with van der Waals surface area (Å²) in [4.78, 5) is 7.02. The molecule has 0 fully saturated rings. The molecule has 0 saturated carbocycles. The Kier molecular flexibility index (Phi) is 2.86. The maximum Gasteiger partial charge on any atom is 0.405 e. The molecule has 0 aliphatic rings. The average Bonchev–Trinajstić information content (AvgIpc) is 2.14. The molecule has 0 atom stereocenters. The lowest BCUT2D eigenvalue weighted by atomic mass is 10.5. The predicted molar refractivity (Wildman–Crippen MR) is 41.3 cm³/mol. The third-order valence-corrected chi connectivity index (χ3v) is 1.23. The van der Waals surface area contributed by atoms with Gasteiger partial charge in [-0.05, 0) is 6.07 Å². The van der Waals surface area contributed by atoms with Gasteiger partial charge in [0.05, 0.1) is 0 Å². The summed E-state index contributed by atoms with van der Waals surface area (Å²) in [5.41, 5.74) is 0. The fourth-order valence-electron chi connectivity index (χ4n) is 0.702. The SMILES string of the molecule is N#Cc1nccc(NCC(F)(F)F)n1. The quantitative estimate of drug-likeness (QED) is 0.785. The number of halogens is 3. The van der Waals surface area contributed by atoms with Gasteiger partial charge in [-0.15, -0.1) is 0 Å². The van der Waals surface area contributed by atoms with Crippen molar-refractivity contribution in [2.45, 2.75) is 6.18 Å². The Labute approximate surface area is 77.4 Å². The molecule has 0 spiro atoms. The van der Waals surface area contributed by atoms with Crippen molar-refractivity contribution in [3.63, 3.8) is 0 Å². The van der Waals surface area contributed by atoms with Crippen molar-refractivity contribution in [2.75, 3.05) is 11.9 Å². The van der Waals surface area contributed by atoms with E-state index in [2.05, 4.69) is 9.97 Å². The first-order valence-electron chi connectivity index (χ1n) is 3.55. The Balaban J connectivity index is 2.65. The molecule has 0 aliphatic carbocycles. The van der Waals surface area contributed by atoms with Gasteiger partial charge in [0, 0.05) is 6.20 Å². The Bertz CT molecular complexity index is 355. The van der Waals surface area contributed by atoms with Gasteiger partial charge in [-0.2, -0.15) is 18.4 Å². The molecule has 1 aromatic heterocycles. The first-order chi connectivity index (χ1) is 6.51. The smallest absolute Gasteiger partial charge is 0.361 e. The zero-order valence-corrected chi connectivity index (χ0v) is 6.84. The van der Waals surface area contributed by atoms with Crippen molar-refractivity contribution in [1.82, 2.24) is 9.97 Å².